The fourth-order valence-corrected chi connectivity index (χ4v) is 4.72. The summed E-state index contributed by atoms with van der Waals surface area (Å²) in [5, 5.41) is 3.71. The lowest BCUT2D eigenvalue weighted by molar-refractivity contribution is 0.0947. The maximum atomic E-state index is 12.7. The summed E-state index contributed by atoms with van der Waals surface area (Å²) in [7, 11) is -1.59. The molecule has 0 spiro atoms. The number of nitrogens with zero attached hydrogens (tertiary/aromatic N) is 4. The zero-order valence-corrected chi connectivity index (χ0v) is 18.7. The summed E-state index contributed by atoms with van der Waals surface area (Å²) in [4.78, 5) is 29.4. The summed E-state index contributed by atoms with van der Waals surface area (Å²) in [6, 6.07) is 13.6. The highest BCUT2D eigenvalue weighted by molar-refractivity contribution is 7.90. The molecule has 0 radical (unpaired) electrons. The van der Waals surface area contributed by atoms with Crippen molar-refractivity contribution >= 4 is 37.8 Å². The number of amides is 1. The van der Waals surface area contributed by atoms with Crippen LogP contribution in [0.4, 0.5) is 0 Å². The molecule has 0 saturated carbocycles. The fraction of sp³-hybridized carbons (Fsp3) is 0.130. The zero-order valence-electron chi connectivity index (χ0n) is 17.9. The molecule has 0 fully saturated rings. The Morgan fingerprint density at radius 1 is 1.12 bits per heavy atom. The Kier molecular flexibility index (Phi) is 4.94. The van der Waals surface area contributed by atoms with Crippen molar-refractivity contribution in [2.45, 2.75) is 11.4 Å². The lowest BCUT2D eigenvalue weighted by Crippen LogP contribution is -2.25. The lowest BCUT2D eigenvalue weighted by atomic mass is 10.2. The highest BCUT2D eigenvalue weighted by Crippen LogP contribution is 2.27. The van der Waals surface area contributed by atoms with Gasteiger partial charge in [0.25, 0.3) is 5.91 Å². The van der Waals surface area contributed by atoms with E-state index in [2.05, 4.69) is 25.3 Å². The van der Waals surface area contributed by atoms with Crippen LogP contribution in [0.1, 0.15) is 16.1 Å². The van der Waals surface area contributed by atoms with Crippen molar-refractivity contribution in [1.29, 1.82) is 0 Å². The van der Waals surface area contributed by atoms with E-state index in [4.69, 9.17) is 0 Å². The van der Waals surface area contributed by atoms with Crippen LogP contribution in [0.2, 0.25) is 0 Å². The Morgan fingerprint density at radius 2 is 1.94 bits per heavy atom. The molecule has 10 heteroatoms. The van der Waals surface area contributed by atoms with E-state index in [-0.39, 0.29) is 17.0 Å². The van der Waals surface area contributed by atoms with Crippen LogP contribution in [-0.2, 0) is 23.4 Å². The van der Waals surface area contributed by atoms with Crippen LogP contribution in [0.5, 0.6) is 0 Å². The molecule has 0 bridgehead atoms. The van der Waals surface area contributed by atoms with Crippen LogP contribution in [0.3, 0.4) is 0 Å². The predicted molar refractivity (Wildman–Crippen MR) is 124 cm³/mol. The van der Waals surface area contributed by atoms with Gasteiger partial charge in [0.15, 0.2) is 9.84 Å². The van der Waals surface area contributed by atoms with Gasteiger partial charge >= 0.3 is 0 Å². The Bertz CT molecular complexity index is 1630. The summed E-state index contributed by atoms with van der Waals surface area (Å²) < 4.78 is 25.9. The number of rotatable bonds is 5. The molecule has 0 aliphatic heterocycles. The van der Waals surface area contributed by atoms with Crippen molar-refractivity contribution in [3.63, 3.8) is 0 Å². The maximum absolute atomic E-state index is 12.7. The van der Waals surface area contributed by atoms with Crippen molar-refractivity contribution in [3.05, 3.63) is 72.3 Å². The normalized spacial score (nSPS) is 11.8. The number of carbonyl (C=O) groups excluding carboxylic acids is 1. The largest absolute Gasteiger partial charge is 0.346 e. The van der Waals surface area contributed by atoms with Gasteiger partial charge in [-0.15, -0.1) is 0 Å². The molecule has 5 rings (SSSR count). The SMILES string of the molecule is Cn1cnc2cnc3[nH]c(-c4cccc(CNC(=O)c5ccccc5S(C)(=O)=O)n4)cc3c21. The van der Waals surface area contributed by atoms with E-state index in [1.165, 1.54) is 12.1 Å². The van der Waals surface area contributed by atoms with Crippen molar-refractivity contribution in [1.82, 2.24) is 29.8 Å². The van der Waals surface area contributed by atoms with E-state index >= 15 is 0 Å². The van der Waals surface area contributed by atoms with E-state index < -0.39 is 15.7 Å². The van der Waals surface area contributed by atoms with E-state index in [0.717, 1.165) is 34.0 Å². The molecule has 1 aromatic carbocycles. The van der Waals surface area contributed by atoms with E-state index in [1.807, 2.05) is 29.8 Å². The molecule has 33 heavy (non-hydrogen) atoms. The Morgan fingerprint density at radius 3 is 2.76 bits per heavy atom. The third kappa shape index (κ3) is 3.85. The summed E-state index contributed by atoms with van der Waals surface area (Å²) in [6.07, 6.45) is 4.56. The van der Waals surface area contributed by atoms with Crippen molar-refractivity contribution in [2.75, 3.05) is 6.26 Å². The number of sulfone groups is 1. The molecule has 9 nitrogen and oxygen atoms in total. The van der Waals surface area contributed by atoms with Crippen LogP contribution in [0.15, 0.2) is 66.0 Å². The van der Waals surface area contributed by atoms with Gasteiger partial charge in [-0.2, -0.15) is 0 Å². The average molecular weight is 461 g/mol. The second-order valence-corrected chi connectivity index (χ2v) is 9.74. The van der Waals surface area contributed by atoms with Gasteiger partial charge in [0, 0.05) is 18.7 Å². The maximum Gasteiger partial charge on any atom is 0.252 e. The van der Waals surface area contributed by atoms with Crippen LogP contribution < -0.4 is 5.32 Å². The summed E-state index contributed by atoms with van der Waals surface area (Å²) in [5.41, 5.74) is 4.77. The molecule has 2 N–H and O–H groups in total. The van der Waals surface area contributed by atoms with E-state index in [9.17, 15) is 13.2 Å². The molecule has 5 aromatic rings. The smallest absolute Gasteiger partial charge is 0.252 e. The minimum Gasteiger partial charge on any atom is -0.346 e. The number of aromatic nitrogens is 5. The monoisotopic (exact) mass is 460 g/mol. The first-order valence-electron chi connectivity index (χ1n) is 10.1. The van der Waals surface area contributed by atoms with Crippen molar-refractivity contribution in [2.24, 2.45) is 7.05 Å². The summed E-state index contributed by atoms with van der Waals surface area (Å²) in [6.45, 7) is 0.148. The summed E-state index contributed by atoms with van der Waals surface area (Å²) in [5.74, 6) is -0.475. The fourth-order valence-electron chi connectivity index (χ4n) is 3.83. The van der Waals surface area contributed by atoms with Crippen LogP contribution in [0, 0.1) is 0 Å². The minimum absolute atomic E-state index is 0.00346. The molecule has 0 saturated heterocycles. The molecule has 0 unspecified atom stereocenters. The van der Waals surface area contributed by atoms with Gasteiger partial charge in [-0.1, -0.05) is 18.2 Å². The average Bonchev–Trinajstić information content (AvgIpc) is 3.40. The molecule has 4 heterocycles. The topological polar surface area (TPSA) is 123 Å². The van der Waals surface area contributed by atoms with Crippen molar-refractivity contribution < 1.29 is 13.2 Å². The van der Waals surface area contributed by atoms with Crippen LogP contribution >= 0.6 is 0 Å². The quantitative estimate of drug-likeness (QED) is 0.416. The number of fused-ring (bicyclic) bond motifs is 3. The molecule has 0 aliphatic rings. The van der Waals surface area contributed by atoms with E-state index in [1.54, 1.807) is 30.7 Å². The number of nitrogens with one attached hydrogen (secondary N) is 2. The number of benzene rings is 1. The first-order valence-corrected chi connectivity index (χ1v) is 12.0. The first-order chi connectivity index (χ1) is 15.8. The molecule has 0 aliphatic carbocycles. The van der Waals surface area contributed by atoms with Gasteiger partial charge < -0.3 is 14.9 Å². The van der Waals surface area contributed by atoms with Gasteiger partial charge in [-0.25, -0.2) is 23.4 Å². The zero-order chi connectivity index (χ0) is 23.2. The van der Waals surface area contributed by atoms with Crippen LogP contribution in [-0.4, -0.2) is 45.1 Å². The number of hydrogen-bond acceptors (Lipinski definition) is 6. The minimum atomic E-state index is -3.52. The number of aryl methyl sites for hydroxylation is 1. The highest BCUT2D eigenvalue weighted by Gasteiger charge is 2.18. The first kappa shape index (κ1) is 20.8. The second kappa shape index (κ2) is 7.82. The van der Waals surface area contributed by atoms with Crippen molar-refractivity contribution in [3.8, 4) is 11.4 Å². The molecule has 1 amide bonds. The van der Waals surface area contributed by atoms with E-state index in [0.29, 0.717) is 11.4 Å². The number of pyridine rings is 2. The molecule has 4 aromatic heterocycles. The molecule has 166 valence electrons. The third-order valence-corrected chi connectivity index (χ3v) is 6.53. The van der Waals surface area contributed by atoms with Gasteiger partial charge in [0.1, 0.15) is 11.2 Å². The lowest BCUT2D eigenvalue weighted by Gasteiger charge is -2.09. The van der Waals surface area contributed by atoms with Crippen LogP contribution in [0.25, 0.3) is 33.5 Å². The number of carbonyl (C=O) groups is 1. The number of imidazole rings is 1. The predicted octanol–water partition coefficient (Wildman–Crippen LogP) is 2.85. The Hall–Kier alpha value is -4.05. The third-order valence-electron chi connectivity index (χ3n) is 5.38. The van der Waals surface area contributed by atoms with Gasteiger partial charge in [-0.05, 0) is 30.3 Å². The molecular weight excluding hydrogens is 440 g/mol. The van der Waals surface area contributed by atoms with Gasteiger partial charge in [0.2, 0.25) is 0 Å². The number of H-pyrrole nitrogens is 1. The molecular formula is C23H20N6O3S. The standard InChI is InChI=1S/C23H20N6O3S/c1-29-13-26-19-12-24-22-16(21(19)29)10-18(28-22)17-8-5-6-14(27-17)11-25-23(30)15-7-3-4-9-20(15)33(2,31)32/h3-10,12-13H,11H2,1-2H3,(H,24,28)(H,25,30). The highest BCUT2D eigenvalue weighted by atomic mass is 32.2. The van der Waals surface area contributed by atoms with Gasteiger partial charge in [-0.3, -0.25) is 4.79 Å². The second-order valence-electron chi connectivity index (χ2n) is 7.76. The number of aromatic amines is 1. The summed E-state index contributed by atoms with van der Waals surface area (Å²) >= 11 is 0. The number of hydrogen-bond donors (Lipinski definition) is 2. The Balaban J connectivity index is 1.41. The Labute approximate surface area is 189 Å². The molecule has 0 atom stereocenters. The van der Waals surface area contributed by atoms with Gasteiger partial charge in [0.05, 0.1) is 52.1 Å².